The summed E-state index contributed by atoms with van der Waals surface area (Å²) in [5.41, 5.74) is 0. The van der Waals surface area contributed by atoms with Crippen molar-refractivity contribution in [3.8, 4) is 0 Å². The maximum Gasteiger partial charge on any atom is 1.00 e. The van der Waals surface area contributed by atoms with Crippen LogP contribution in [0.2, 0.25) is 0 Å². The van der Waals surface area contributed by atoms with E-state index in [4.69, 9.17) is 5.11 Å². The minimum atomic E-state index is -0.782. The molecule has 0 spiro atoms. The number of likely N-dealkylation sites (N-methyl/N-ethyl adjacent to an activating group) is 1. The van der Waals surface area contributed by atoms with Gasteiger partial charge in [0.1, 0.15) is 6.04 Å². The Kier molecular flexibility index (Phi) is 14.0. The molecule has 1 unspecified atom stereocenters. The Morgan fingerprint density at radius 3 is 1.80 bits per heavy atom. The molecule has 0 heterocycles. The summed E-state index contributed by atoms with van der Waals surface area (Å²) in [6, 6.07) is -0.380. The first kappa shape index (κ1) is 17.2. The molecule has 0 aliphatic rings. The van der Waals surface area contributed by atoms with Crippen molar-refractivity contribution in [2.24, 2.45) is 0 Å². The van der Waals surface area contributed by atoms with Gasteiger partial charge in [-0.1, -0.05) is 0 Å². The van der Waals surface area contributed by atoms with Crippen LogP contribution in [0.25, 0.3) is 0 Å². The largest absolute Gasteiger partial charge is 1.00 e. The summed E-state index contributed by atoms with van der Waals surface area (Å²) in [4.78, 5) is 11.7. The van der Waals surface area contributed by atoms with Crippen LogP contribution in [0.15, 0.2) is 0 Å². The molecular formula is C5H12KNO3. The topological polar surface area (TPSA) is 70.5 Å². The predicted molar refractivity (Wildman–Crippen MR) is 32.7 cm³/mol. The van der Waals surface area contributed by atoms with E-state index in [9.17, 15) is 4.79 Å². The molecule has 0 saturated carbocycles. The Labute approximate surface area is 103 Å². The molecule has 56 valence electrons. The van der Waals surface area contributed by atoms with E-state index in [1.54, 1.807) is 25.9 Å². The predicted octanol–water partition coefficient (Wildman–Crippen LogP) is -3.15. The van der Waals surface area contributed by atoms with Crippen molar-refractivity contribution in [1.82, 2.24) is 4.90 Å². The Morgan fingerprint density at radius 1 is 1.50 bits per heavy atom. The normalized spacial score (nSPS) is 11.2. The van der Waals surface area contributed by atoms with E-state index in [-0.39, 0.29) is 62.9 Å². The van der Waals surface area contributed by atoms with Gasteiger partial charge in [-0.05, 0) is 21.0 Å². The van der Waals surface area contributed by atoms with Gasteiger partial charge in [-0.3, -0.25) is 9.69 Å². The Morgan fingerprint density at radius 2 is 1.80 bits per heavy atom. The van der Waals surface area contributed by atoms with E-state index in [0.717, 1.165) is 0 Å². The molecule has 10 heavy (non-hydrogen) atoms. The molecule has 4 nitrogen and oxygen atoms in total. The van der Waals surface area contributed by atoms with Crippen molar-refractivity contribution in [3.05, 3.63) is 0 Å². The quantitative estimate of drug-likeness (QED) is 0.448. The van der Waals surface area contributed by atoms with Crippen molar-refractivity contribution >= 4 is 5.97 Å². The summed E-state index contributed by atoms with van der Waals surface area (Å²) in [6.45, 7) is 1.64. The smallest absolute Gasteiger partial charge is 0.870 e. The van der Waals surface area contributed by atoms with Gasteiger partial charge in [0.05, 0.1) is 0 Å². The van der Waals surface area contributed by atoms with Crippen LogP contribution in [0.1, 0.15) is 6.92 Å². The molecule has 0 aromatic carbocycles. The zero-order chi connectivity index (χ0) is 6.73. The summed E-state index contributed by atoms with van der Waals surface area (Å²) in [7, 11) is 3.47. The van der Waals surface area contributed by atoms with Crippen LogP contribution in [-0.4, -0.2) is 41.6 Å². The molecule has 0 aliphatic heterocycles. The number of rotatable bonds is 2. The standard InChI is InChI=1S/C5H11NO2.K.H2O/c1-4(5(7)8)6(2)3;;/h4H,1-3H3,(H,7,8);;1H2/q;+1;/p-1. The second kappa shape index (κ2) is 8.13. The Bertz CT molecular complexity index is 96.9. The average molecular weight is 173 g/mol. The molecule has 5 heteroatoms. The fourth-order valence-corrected chi connectivity index (χ4v) is 0.221. The minimum absolute atomic E-state index is 0. The molecule has 0 saturated heterocycles. The fraction of sp³-hybridized carbons (Fsp3) is 0.800. The Hall–Kier alpha value is 1.03. The molecule has 0 aromatic heterocycles. The van der Waals surface area contributed by atoms with E-state index in [1.165, 1.54) is 0 Å². The third-order valence-electron chi connectivity index (χ3n) is 1.13. The number of carboxylic acid groups (broad SMARTS) is 1. The van der Waals surface area contributed by atoms with Gasteiger partial charge in [0.25, 0.3) is 0 Å². The van der Waals surface area contributed by atoms with Gasteiger partial charge in [-0.2, -0.15) is 0 Å². The zero-order valence-electron chi connectivity index (χ0n) is 6.83. The maximum absolute atomic E-state index is 10.1. The third kappa shape index (κ3) is 7.14. The first-order chi connectivity index (χ1) is 3.55. The molecule has 1 atom stereocenters. The average Bonchev–Trinajstić information content (AvgIpc) is 1.64. The molecule has 2 N–H and O–H groups in total. The van der Waals surface area contributed by atoms with Gasteiger partial charge in [0, 0.05) is 0 Å². The first-order valence-corrected chi connectivity index (χ1v) is 2.45. The molecule has 0 aromatic rings. The number of aliphatic carboxylic acids is 1. The van der Waals surface area contributed by atoms with Crippen LogP contribution < -0.4 is 51.4 Å². The van der Waals surface area contributed by atoms with Crippen LogP contribution in [0.5, 0.6) is 0 Å². The van der Waals surface area contributed by atoms with E-state index in [0.29, 0.717) is 0 Å². The summed E-state index contributed by atoms with van der Waals surface area (Å²) in [5, 5.41) is 8.31. The molecule has 0 radical (unpaired) electrons. The first-order valence-electron chi connectivity index (χ1n) is 2.45. The zero-order valence-corrected chi connectivity index (χ0v) is 9.95. The van der Waals surface area contributed by atoms with E-state index in [1.807, 2.05) is 0 Å². The second-order valence-electron chi connectivity index (χ2n) is 1.98. The van der Waals surface area contributed by atoms with Crippen molar-refractivity contribution in [1.29, 1.82) is 0 Å². The van der Waals surface area contributed by atoms with Crippen LogP contribution >= 0.6 is 0 Å². The molecule has 0 aliphatic carbocycles. The second-order valence-corrected chi connectivity index (χ2v) is 1.98. The molecule has 0 fully saturated rings. The van der Waals surface area contributed by atoms with Gasteiger partial charge >= 0.3 is 57.4 Å². The number of nitrogens with zero attached hydrogens (tertiary/aromatic N) is 1. The molecule has 0 rings (SSSR count). The number of carbonyl (C=O) groups is 1. The van der Waals surface area contributed by atoms with Gasteiger partial charge in [0.15, 0.2) is 0 Å². The van der Waals surface area contributed by atoms with Gasteiger partial charge in [0.2, 0.25) is 0 Å². The van der Waals surface area contributed by atoms with Crippen LogP contribution in [0, 0.1) is 0 Å². The molecule has 0 amide bonds. The van der Waals surface area contributed by atoms with E-state index in [2.05, 4.69) is 0 Å². The van der Waals surface area contributed by atoms with Gasteiger partial charge in [-0.25, -0.2) is 0 Å². The molecular weight excluding hydrogens is 161 g/mol. The number of carboxylic acids is 1. The van der Waals surface area contributed by atoms with Gasteiger partial charge < -0.3 is 10.6 Å². The van der Waals surface area contributed by atoms with E-state index >= 15 is 0 Å². The van der Waals surface area contributed by atoms with Crippen LogP contribution in [0.3, 0.4) is 0 Å². The monoisotopic (exact) mass is 173 g/mol. The van der Waals surface area contributed by atoms with Crippen molar-refractivity contribution in [2.75, 3.05) is 14.1 Å². The summed E-state index contributed by atoms with van der Waals surface area (Å²) < 4.78 is 0. The van der Waals surface area contributed by atoms with Crippen molar-refractivity contribution < 1.29 is 66.8 Å². The number of hydrogen-bond donors (Lipinski definition) is 1. The minimum Gasteiger partial charge on any atom is -0.870 e. The Balaban J connectivity index is -0.000000245. The summed E-state index contributed by atoms with van der Waals surface area (Å²) in [5.74, 6) is -0.782. The number of hydrogen-bond acceptors (Lipinski definition) is 3. The maximum atomic E-state index is 10.1. The van der Waals surface area contributed by atoms with E-state index < -0.39 is 5.97 Å². The van der Waals surface area contributed by atoms with Gasteiger partial charge in [-0.15, -0.1) is 0 Å². The summed E-state index contributed by atoms with van der Waals surface area (Å²) in [6.07, 6.45) is 0. The van der Waals surface area contributed by atoms with Crippen LogP contribution in [0.4, 0.5) is 0 Å². The SMILES string of the molecule is CC(C(=O)O)N(C)C.[K+].[OH-]. The fourth-order valence-electron chi connectivity index (χ4n) is 0.221. The van der Waals surface area contributed by atoms with Crippen molar-refractivity contribution in [2.45, 2.75) is 13.0 Å². The van der Waals surface area contributed by atoms with Crippen LogP contribution in [-0.2, 0) is 4.79 Å². The van der Waals surface area contributed by atoms with Crippen molar-refractivity contribution in [3.63, 3.8) is 0 Å². The third-order valence-corrected chi connectivity index (χ3v) is 1.13. The molecule has 0 bridgehead atoms. The summed E-state index contributed by atoms with van der Waals surface area (Å²) >= 11 is 0.